The number of nitrogens with zero attached hydrogens (tertiary/aromatic N) is 9. The maximum Gasteiger partial charge on any atom is 0.355 e. The number of benzene rings is 2. The lowest BCUT2D eigenvalue weighted by Gasteiger charge is -2.69. The molecular weight excluding hydrogens is 1280 g/mol. The summed E-state index contributed by atoms with van der Waals surface area (Å²) in [6, 6.07) is 14.9. The molecule has 4 aliphatic carbocycles. The molecule has 6 aromatic rings. The molecule has 7 amide bonds. The van der Waals surface area contributed by atoms with Crippen LogP contribution in [0.25, 0.3) is 21.3 Å². The molecule has 2 unspecified atom stereocenters. The van der Waals surface area contributed by atoms with Gasteiger partial charge in [-0.3, -0.25) is 38.5 Å². The van der Waals surface area contributed by atoms with Gasteiger partial charge < -0.3 is 51.8 Å². The van der Waals surface area contributed by atoms with Crippen molar-refractivity contribution in [2.24, 2.45) is 27.9 Å². The second-order valence-corrected chi connectivity index (χ2v) is 30.2. The molecule has 4 aromatic heterocycles. The van der Waals surface area contributed by atoms with Crippen molar-refractivity contribution in [2.75, 3.05) is 68.1 Å². The van der Waals surface area contributed by atoms with Crippen molar-refractivity contribution in [2.45, 2.75) is 176 Å². The van der Waals surface area contributed by atoms with Gasteiger partial charge in [0, 0.05) is 84.9 Å². The summed E-state index contributed by atoms with van der Waals surface area (Å²) in [6.07, 6.45) is 15.6. The van der Waals surface area contributed by atoms with Crippen LogP contribution in [-0.2, 0) is 53.0 Å². The zero-order valence-electron chi connectivity index (χ0n) is 58.3. The predicted octanol–water partition coefficient (Wildman–Crippen LogP) is 9.97. The first kappa shape index (κ1) is 71.6. The Hall–Kier alpha value is -8.72. The molecule has 2 aliphatic heterocycles. The molecule has 0 spiro atoms. The molecule has 6 aliphatic rings. The number of hydrogen-bond donors (Lipinski definition) is 7. The third kappa shape index (κ3) is 17.0. The number of thiazole rings is 1. The Morgan fingerprint density at radius 3 is 2.30 bits per heavy atom. The van der Waals surface area contributed by atoms with Crippen LogP contribution in [0.15, 0.2) is 72.9 Å². The van der Waals surface area contributed by atoms with Gasteiger partial charge in [0.15, 0.2) is 22.5 Å². The molecule has 26 heteroatoms. The largest absolute Gasteiger partial charge is 0.476 e. The van der Waals surface area contributed by atoms with Gasteiger partial charge in [0.05, 0.1) is 48.4 Å². The van der Waals surface area contributed by atoms with Gasteiger partial charge >= 0.3 is 12.0 Å². The number of carbonyl (C=O) groups excluding carboxylic acids is 6. The molecule has 12 rings (SSSR count). The molecule has 99 heavy (non-hydrogen) atoms. The average molecular weight is 1370 g/mol. The number of aromatic nitrogens is 6. The van der Waals surface area contributed by atoms with E-state index in [4.69, 9.17) is 35.4 Å². The fraction of sp³-hybridized carbons (Fsp3) is 0.534. The van der Waals surface area contributed by atoms with Gasteiger partial charge in [-0.05, 0) is 168 Å². The van der Waals surface area contributed by atoms with Crippen LogP contribution >= 0.6 is 11.3 Å². The standard InChI is InChI=1S/C73H95N15O10S/c1-9-10-11-28-85(37-49-17-19-50(20-18-49)77-65(92)54(15-12-27-75-68(74)96)78-66(93)61(45(2)3)81-58(89)26-32-97-33-31-87-59(90)24-25-60(87)91)30-34-98-73-41-70(7)38-71(8,42-73)40-72(39-70,43-73)44-88-48(6)53(36-76-88)52-21-23-57(80-62(52)67(94)95)86-29-13-14-51-47(5)63(83-84-64(51)86)82-69-79-55-35-46(4)16-22-56(55)99-69/h16-25,35-36,45,54,61H,9-15,26-34,37-44H2,1-8H3,(H,77,92)(H,78,93)(H,81,89)(H,94,95)(H3,74,75,96)(H,79,82,83)/t54-,61-,70-,71+,72?,73?/m0/s1. The number of primary amides is 1. The Morgan fingerprint density at radius 2 is 1.59 bits per heavy atom. The lowest BCUT2D eigenvalue weighted by atomic mass is 9.39. The number of anilines is 5. The summed E-state index contributed by atoms with van der Waals surface area (Å²) in [5.41, 5.74) is 12.8. The first-order valence-electron chi connectivity index (χ1n) is 34.9. The molecule has 25 nitrogen and oxygen atoms in total. The lowest BCUT2D eigenvalue weighted by molar-refractivity contribution is -0.249. The van der Waals surface area contributed by atoms with E-state index in [1.165, 1.54) is 12.2 Å². The Morgan fingerprint density at radius 1 is 0.828 bits per heavy atom. The maximum atomic E-state index is 14.0. The number of hydrogen-bond acceptors (Lipinski definition) is 18. The highest BCUT2D eigenvalue weighted by Crippen LogP contribution is 2.72. The zero-order chi connectivity index (χ0) is 70.4. The molecule has 2 aromatic carbocycles. The van der Waals surface area contributed by atoms with Crippen LogP contribution in [0.1, 0.15) is 157 Å². The number of carboxylic acids is 1. The lowest BCUT2D eigenvalue weighted by Crippen LogP contribution is -2.64. The van der Waals surface area contributed by atoms with E-state index in [0.29, 0.717) is 61.4 Å². The number of aryl methyl sites for hydroxylation is 1. The van der Waals surface area contributed by atoms with Crippen molar-refractivity contribution in [1.29, 1.82) is 0 Å². The molecule has 0 radical (unpaired) electrons. The number of rotatable bonds is 33. The Labute approximate surface area is 582 Å². The zero-order valence-corrected chi connectivity index (χ0v) is 59.1. The molecule has 528 valence electrons. The smallest absolute Gasteiger partial charge is 0.355 e. The number of aromatic carboxylic acids is 1. The molecular formula is C73H95N15O10S. The van der Waals surface area contributed by atoms with Crippen LogP contribution in [0.2, 0.25) is 0 Å². The van der Waals surface area contributed by atoms with Crippen molar-refractivity contribution in [3.8, 4) is 11.1 Å². The summed E-state index contributed by atoms with van der Waals surface area (Å²) in [4.78, 5) is 104. The number of nitrogens with two attached hydrogens (primary N) is 1. The van der Waals surface area contributed by atoms with Crippen LogP contribution in [-0.4, -0.2) is 157 Å². The first-order chi connectivity index (χ1) is 47.3. The molecule has 6 atom stereocenters. The van der Waals surface area contributed by atoms with Gasteiger partial charge in [0.25, 0.3) is 11.8 Å². The van der Waals surface area contributed by atoms with E-state index >= 15 is 0 Å². The van der Waals surface area contributed by atoms with Crippen LogP contribution < -0.4 is 37.2 Å². The molecule has 4 saturated carbocycles. The minimum atomic E-state index is -1.12. The van der Waals surface area contributed by atoms with Crippen LogP contribution in [0.5, 0.6) is 0 Å². The number of unbranched alkanes of at least 4 members (excludes halogenated alkanes) is 2. The highest BCUT2D eigenvalue weighted by Gasteiger charge is 2.66. The topological polar surface area (TPSA) is 323 Å². The third-order valence-electron chi connectivity index (χ3n) is 20.3. The monoisotopic (exact) mass is 1370 g/mol. The number of urea groups is 1. The number of fused-ring (bicyclic) bond motifs is 2. The number of imide groups is 1. The summed E-state index contributed by atoms with van der Waals surface area (Å²) < 4.78 is 16.0. The number of carbonyl (C=O) groups is 7. The van der Waals surface area contributed by atoms with E-state index in [2.05, 4.69) is 87.2 Å². The third-order valence-corrected chi connectivity index (χ3v) is 21.2. The second-order valence-electron chi connectivity index (χ2n) is 29.2. The van der Waals surface area contributed by atoms with Gasteiger partial charge in [-0.15, -0.1) is 10.2 Å². The number of carboxylic acid groups (broad SMARTS) is 1. The summed E-state index contributed by atoms with van der Waals surface area (Å²) in [5.74, 6) is -2.01. The molecule has 6 heterocycles. The molecule has 4 fully saturated rings. The molecule has 4 bridgehead atoms. The SMILES string of the molecule is CCCCCN(CCOC12CC3(Cn4ncc(-c5ccc(N6CCCc7c6nnc(Nc6nc8cc(C)ccc8s6)c7C)nc5C(=O)O)c4C)C[C@@](C)(C1)C[C@](C)(C3)C2)Cc1ccc(NC(=O)[C@H](CCCNC(N)=O)NC(=O)[C@@H](NC(=O)CCOCCN2C(=O)C=CC2=O)C(C)C)cc1. The van der Waals surface area contributed by atoms with Crippen LogP contribution in [0.3, 0.4) is 0 Å². The van der Waals surface area contributed by atoms with E-state index in [9.17, 15) is 38.7 Å². The quantitative estimate of drug-likeness (QED) is 0.0149. The van der Waals surface area contributed by atoms with Gasteiger partial charge in [0.2, 0.25) is 17.7 Å². The highest BCUT2D eigenvalue weighted by molar-refractivity contribution is 7.22. The maximum absolute atomic E-state index is 14.0. The van der Waals surface area contributed by atoms with E-state index in [0.717, 1.165) is 137 Å². The van der Waals surface area contributed by atoms with Crippen molar-refractivity contribution < 1.29 is 48.1 Å². The van der Waals surface area contributed by atoms with Crippen LogP contribution in [0.4, 0.5) is 33.1 Å². The normalized spacial score (nSPS) is 21.4. The van der Waals surface area contributed by atoms with E-state index in [1.54, 1.807) is 31.4 Å². The number of ether oxygens (including phenoxy) is 2. The minimum Gasteiger partial charge on any atom is -0.476 e. The first-order valence-corrected chi connectivity index (χ1v) is 35.7. The van der Waals surface area contributed by atoms with E-state index in [1.807, 2.05) is 55.1 Å². The van der Waals surface area contributed by atoms with Gasteiger partial charge in [0.1, 0.15) is 17.9 Å². The molecule has 8 N–H and O–H groups in total. The summed E-state index contributed by atoms with van der Waals surface area (Å²) in [5, 5.41) is 40.5. The predicted molar refractivity (Wildman–Crippen MR) is 379 cm³/mol. The van der Waals surface area contributed by atoms with Gasteiger partial charge in [-0.25, -0.2) is 19.6 Å². The average Bonchev–Trinajstić information content (AvgIpc) is 1.08. The van der Waals surface area contributed by atoms with Crippen molar-refractivity contribution in [1.82, 2.24) is 55.7 Å². The summed E-state index contributed by atoms with van der Waals surface area (Å²) in [7, 11) is 0. The van der Waals surface area contributed by atoms with E-state index < -0.39 is 53.6 Å². The van der Waals surface area contributed by atoms with Gasteiger partial charge in [-0.2, -0.15) is 5.10 Å². The number of amides is 7. The highest BCUT2D eigenvalue weighted by atomic mass is 32.1. The number of pyridine rings is 1. The fourth-order valence-electron chi connectivity index (χ4n) is 16.8. The Balaban J connectivity index is 0.714. The second kappa shape index (κ2) is 30.4. The van der Waals surface area contributed by atoms with Crippen LogP contribution in [0, 0.1) is 42.9 Å². The number of nitrogens with one attached hydrogen (secondary N) is 5. The fourth-order valence-corrected chi connectivity index (χ4v) is 17.6. The van der Waals surface area contributed by atoms with Gasteiger partial charge in [-0.1, -0.05) is 77.0 Å². The Bertz CT molecular complexity index is 4000. The summed E-state index contributed by atoms with van der Waals surface area (Å²) >= 11 is 1.57. The van der Waals surface area contributed by atoms with E-state index in [-0.39, 0.29) is 72.6 Å². The summed E-state index contributed by atoms with van der Waals surface area (Å²) in [6.45, 7) is 21.2. The Kier molecular flexibility index (Phi) is 22.0. The van der Waals surface area contributed by atoms with Crippen molar-refractivity contribution in [3.05, 3.63) is 107 Å². The molecule has 0 saturated heterocycles. The minimum absolute atomic E-state index is 0.0101. The van der Waals surface area contributed by atoms with Crippen molar-refractivity contribution >= 4 is 91.4 Å². The van der Waals surface area contributed by atoms with Crippen molar-refractivity contribution in [3.63, 3.8) is 0 Å².